The minimum absolute atomic E-state index is 0.00562. The van der Waals surface area contributed by atoms with Gasteiger partial charge in [0.15, 0.2) is 17.9 Å². The molecule has 10 nitrogen and oxygen atoms in total. The number of halogens is 3. The summed E-state index contributed by atoms with van der Waals surface area (Å²) in [6.45, 7) is 3.67. The zero-order valence-corrected chi connectivity index (χ0v) is 20.7. The molecular weight excluding hydrogens is 503 g/mol. The third kappa shape index (κ3) is 5.44. The Morgan fingerprint density at radius 2 is 1.95 bits per heavy atom. The largest absolute Gasteiger partial charge is 0.444 e. The third-order valence-corrected chi connectivity index (χ3v) is 5.71. The van der Waals surface area contributed by atoms with E-state index >= 15 is 0 Å². The molecule has 0 aliphatic carbocycles. The number of esters is 1. The molecule has 3 aromatic heterocycles. The van der Waals surface area contributed by atoms with Crippen molar-refractivity contribution in [3.8, 4) is 17.5 Å². The number of fused-ring (bicyclic) bond motifs is 1. The van der Waals surface area contributed by atoms with Gasteiger partial charge in [-0.15, -0.1) is 0 Å². The topological polar surface area (TPSA) is 121 Å². The average molecular weight is 528 g/mol. The predicted molar refractivity (Wildman–Crippen MR) is 130 cm³/mol. The molecule has 4 rings (SSSR count). The van der Waals surface area contributed by atoms with E-state index in [1.807, 2.05) is 19.9 Å². The summed E-state index contributed by atoms with van der Waals surface area (Å²) in [6, 6.07) is 6.84. The Morgan fingerprint density at radius 1 is 1.16 bits per heavy atom. The van der Waals surface area contributed by atoms with Crippen molar-refractivity contribution in [2.75, 3.05) is 0 Å². The fraction of sp³-hybridized carbons (Fsp3) is 0.360. The maximum Gasteiger partial charge on any atom is 0.416 e. The van der Waals surface area contributed by atoms with Gasteiger partial charge in [-0.1, -0.05) is 26.0 Å². The van der Waals surface area contributed by atoms with E-state index in [9.17, 15) is 28.0 Å². The molecule has 0 saturated carbocycles. The van der Waals surface area contributed by atoms with Crippen LogP contribution in [0.1, 0.15) is 50.1 Å². The number of alkyl halides is 3. The molecule has 0 radical (unpaired) electrons. The van der Waals surface area contributed by atoms with E-state index in [-0.39, 0.29) is 49.1 Å². The third-order valence-electron chi connectivity index (χ3n) is 5.71. The monoisotopic (exact) mass is 527 g/mol. The first kappa shape index (κ1) is 26.6. The molecule has 0 N–H and O–H groups in total. The Balaban J connectivity index is 1.77. The molecule has 0 saturated heterocycles. The van der Waals surface area contributed by atoms with Crippen LogP contribution < -0.4 is 5.56 Å². The van der Waals surface area contributed by atoms with E-state index in [0.29, 0.717) is 24.0 Å². The van der Waals surface area contributed by atoms with Gasteiger partial charge >= 0.3 is 12.1 Å². The van der Waals surface area contributed by atoms with E-state index in [1.54, 1.807) is 12.3 Å². The Hall–Kier alpha value is -4.47. The number of hydrogen-bond acceptors (Lipinski definition) is 7. The van der Waals surface area contributed by atoms with Crippen molar-refractivity contribution < 1.29 is 22.7 Å². The number of imidazole rings is 1. The number of ether oxygens (including phenoxy) is 1. The summed E-state index contributed by atoms with van der Waals surface area (Å²) in [5, 5.41) is 13.7. The van der Waals surface area contributed by atoms with Gasteiger partial charge in [-0.05, 0) is 30.5 Å². The van der Waals surface area contributed by atoms with Gasteiger partial charge in [0.25, 0.3) is 5.56 Å². The van der Waals surface area contributed by atoms with Crippen LogP contribution in [0.2, 0.25) is 0 Å². The van der Waals surface area contributed by atoms with E-state index < -0.39 is 23.3 Å². The molecule has 0 spiro atoms. The second kappa shape index (κ2) is 10.9. The summed E-state index contributed by atoms with van der Waals surface area (Å²) < 4.78 is 48.7. The van der Waals surface area contributed by atoms with Gasteiger partial charge in [0.2, 0.25) is 5.82 Å². The SMILES string of the molecule is CCCC(=O)OCn1c(-c2cnn(Cc3cccc(C(F)(F)F)c3)c2)nc2nc(C#N)n(CCC)c(=O)c21. The highest BCUT2D eigenvalue weighted by atomic mass is 19.4. The zero-order valence-electron chi connectivity index (χ0n) is 20.7. The number of aromatic nitrogens is 6. The second-order valence-corrected chi connectivity index (χ2v) is 8.56. The van der Waals surface area contributed by atoms with Gasteiger partial charge in [-0.2, -0.15) is 28.5 Å². The number of hydrogen-bond donors (Lipinski definition) is 0. The summed E-state index contributed by atoms with van der Waals surface area (Å²) >= 11 is 0. The molecule has 198 valence electrons. The maximum atomic E-state index is 13.4. The Kier molecular flexibility index (Phi) is 7.61. The Bertz CT molecular complexity index is 1580. The zero-order chi connectivity index (χ0) is 27.4. The van der Waals surface area contributed by atoms with Gasteiger partial charge in [0.1, 0.15) is 11.9 Å². The Morgan fingerprint density at radius 3 is 2.63 bits per heavy atom. The lowest BCUT2D eigenvalue weighted by Crippen LogP contribution is -2.26. The minimum Gasteiger partial charge on any atom is -0.444 e. The van der Waals surface area contributed by atoms with Crippen molar-refractivity contribution in [3.05, 3.63) is 64.0 Å². The normalized spacial score (nSPS) is 11.6. The van der Waals surface area contributed by atoms with Gasteiger partial charge in [0.05, 0.1) is 23.9 Å². The molecule has 3 heterocycles. The van der Waals surface area contributed by atoms with Crippen LogP contribution in [0.3, 0.4) is 0 Å². The van der Waals surface area contributed by atoms with Crippen LogP contribution in [0.25, 0.3) is 22.6 Å². The van der Waals surface area contributed by atoms with Gasteiger partial charge in [-0.3, -0.25) is 23.4 Å². The van der Waals surface area contributed by atoms with Crippen molar-refractivity contribution in [2.24, 2.45) is 0 Å². The van der Waals surface area contributed by atoms with Gasteiger partial charge in [0, 0.05) is 19.2 Å². The highest BCUT2D eigenvalue weighted by Gasteiger charge is 2.30. The van der Waals surface area contributed by atoms with E-state index in [1.165, 1.54) is 26.1 Å². The lowest BCUT2D eigenvalue weighted by atomic mass is 10.1. The molecule has 0 amide bonds. The number of carbonyl (C=O) groups is 1. The molecule has 0 bridgehead atoms. The molecule has 1 aromatic carbocycles. The summed E-state index contributed by atoms with van der Waals surface area (Å²) in [4.78, 5) is 34.1. The van der Waals surface area contributed by atoms with Crippen molar-refractivity contribution in [3.63, 3.8) is 0 Å². The first-order valence-corrected chi connectivity index (χ1v) is 11.9. The van der Waals surface area contributed by atoms with Gasteiger partial charge < -0.3 is 4.74 Å². The smallest absolute Gasteiger partial charge is 0.416 e. The first-order valence-electron chi connectivity index (χ1n) is 11.9. The van der Waals surface area contributed by atoms with Crippen LogP contribution in [-0.4, -0.2) is 34.9 Å². The van der Waals surface area contributed by atoms with Crippen molar-refractivity contribution >= 4 is 17.1 Å². The lowest BCUT2D eigenvalue weighted by Gasteiger charge is -2.10. The van der Waals surface area contributed by atoms with Crippen molar-refractivity contribution in [1.82, 2.24) is 28.9 Å². The number of benzene rings is 1. The highest BCUT2D eigenvalue weighted by molar-refractivity contribution is 5.77. The minimum atomic E-state index is -4.47. The molecule has 0 fully saturated rings. The maximum absolute atomic E-state index is 13.4. The second-order valence-electron chi connectivity index (χ2n) is 8.56. The molecule has 0 atom stereocenters. The first-order chi connectivity index (χ1) is 18.2. The predicted octanol–water partition coefficient (Wildman–Crippen LogP) is 4.11. The number of rotatable bonds is 9. The van der Waals surface area contributed by atoms with Crippen molar-refractivity contribution in [1.29, 1.82) is 5.26 Å². The molecule has 0 unspecified atom stereocenters. The molecule has 0 aliphatic heterocycles. The number of nitrogens with zero attached hydrogens (tertiary/aromatic N) is 7. The van der Waals surface area contributed by atoms with E-state index in [2.05, 4.69) is 15.1 Å². The molecule has 38 heavy (non-hydrogen) atoms. The van der Waals surface area contributed by atoms with Gasteiger partial charge in [-0.25, -0.2) is 4.98 Å². The molecule has 4 aromatic rings. The fourth-order valence-electron chi connectivity index (χ4n) is 3.99. The molecule has 13 heteroatoms. The number of nitriles is 1. The summed E-state index contributed by atoms with van der Waals surface area (Å²) in [5.74, 6) is -0.345. The van der Waals surface area contributed by atoms with E-state index in [4.69, 9.17) is 4.74 Å². The Labute approximate surface area is 214 Å². The summed E-state index contributed by atoms with van der Waals surface area (Å²) in [7, 11) is 0. The standard InChI is InChI=1S/C25H24F3N7O3/c1-3-6-20(36)38-15-35-21-22(31-19(11-29)34(9-4-2)24(21)37)32-23(35)17-12-30-33(14-17)13-16-7-5-8-18(10-16)25(26,27)28/h5,7-8,10,12,14H,3-4,6,9,13,15H2,1-2H3. The summed E-state index contributed by atoms with van der Waals surface area (Å²) in [6.07, 6.45) is -0.124. The van der Waals surface area contributed by atoms with Crippen LogP contribution in [-0.2, 0) is 35.5 Å². The molecule has 0 aliphatic rings. The van der Waals surface area contributed by atoms with Crippen LogP contribution in [0.5, 0.6) is 0 Å². The van der Waals surface area contributed by atoms with Crippen LogP contribution >= 0.6 is 0 Å². The van der Waals surface area contributed by atoms with Crippen molar-refractivity contribution in [2.45, 2.75) is 59.1 Å². The van der Waals surface area contributed by atoms with Crippen LogP contribution in [0.15, 0.2) is 41.5 Å². The quantitative estimate of drug-likeness (QED) is 0.301. The molecular formula is C25H24F3N7O3. The highest BCUT2D eigenvalue weighted by Crippen LogP contribution is 2.30. The average Bonchev–Trinajstić information content (AvgIpc) is 3.48. The van der Waals surface area contributed by atoms with Crippen LogP contribution in [0, 0.1) is 11.3 Å². The van der Waals surface area contributed by atoms with E-state index in [0.717, 1.165) is 12.1 Å². The fourth-order valence-corrected chi connectivity index (χ4v) is 3.99. The van der Waals surface area contributed by atoms with Crippen LogP contribution in [0.4, 0.5) is 13.2 Å². The number of carbonyl (C=O) groups excluding carboxylic acids is 1. The lowest BCUT2D eigenvalue weighted by molar-refractivity contribution is -0.147. The summed E-state index contributed by atoms with van der Waals surface area (Å²) in [5.41, 5.74) is -0.398.